The Morgan fingerprint density at radius 3 is 2.60 bits per heavy atom. The van der Waals surface area contributed by atoms with Gasteiger partial charge in [-0.2, -0.15) is 0 Å². The fraction of sp³-hybridized carbons (Fsp3) is 0.385. The Kier molecular flexibility index (Phi) is 6.29. The van der Waals surface area contributed by atoms with Crippen molar-refractivity contribution in [3.8, 4) is 0 Å². The molecule has 0 saturated carbocycles. The molecule has 0 aliphatic carbocycles. The lowest BCUT2D eigenvalue weighted by Crippen LogP contribution is -2.46. The Hall–Kier alpha value is -1.27. The molecule has 0 aliphatic heterocycles. The zero-order valence-electron chi connectivity index (χ0n) is 11.1. The summed E-state index contributed by atoms with van der Waals surface area (Å²) < 4.78 is 0.716. The number of nitrogens with one attached hydrogen (secondary N) is 2. The standard InChI is InChI=1S/C13H16BrClN2O3/c1-3-7(2)11(12(18)19)17-13(20)16-8-4-5-9(14)10(15)6-8/h4-7,11H,3H2,1-2H3,(H,18,19)(H2,16,17,20)/t7?,11-/m0/s1. The maximum absolute atomic E-state index is 11.8. The van der Waals surface area contributed by atoms with Crippen molar-refractivity contribution in [3.63, 3.8) is 0 Å². The van der Waals surface area contributed by atoms with E-state index in [0.29, 0.717) is 21.6 Å². The maximum Gasteiger partial charge on any atom is 0.326 e. The van der Waals surface area contributed by atoms with Gasteiger partial charge >= 0.3 is 12.0 Å². The molecule has 2 atom stereocenters. The van der Waals surface area contributed by atoms with E-state index in [2.05, 4.69) is 26.6 Å². The third-order valence-electron chi connectivity index (χ3n) is 2.94. The lowest BCUT2D eigenvalue weighted by Gasteiger charge is -2.20. The number of rotatable bonds is 5. The molecule has 20 heavy (non-hydrogen) atoms. The van der Waals surface area contributed by atoms with Crippen molar-refractivity contribution in [2.24, 2.45) is 5.92 Å². The van der Waals surface area contributed by atoms with Crippen molar-refractivity contribution in [2.75, 3.05) is 5.32 Å². The van der Waals surface area contributed by atoms with E-state index >= 15 is 0 Å². The van der Waals surface area contributed by atoms with Crippen LogP contribution in [0.2, 0.25) is 5.02 Å². The van der Waals surface area contributed by atoms with Crippen molar-refractivity contribution in [1.82, 2.24) is 5.32 Å². The molecule has 1 rings (SSSR count). The first-order chi connectivity index (χ1) is 9.35. The van der Waals surface area contributed by atoms with Gasteiger partial charge in [0.05, 0.1) is 5.02 Å². The number of carbonyl (C=O) groups excluding carboxylic acids is 1. The maximum atomic E-state index is 11.8. The van der Waals surface area contributed by atoms with Gasteiger partial charge in [0.2, 0.25) is 0 Å². The van der Waals surface area contributed by atoms with Crippen LogP contribution in [-0.4, -0.2) is 23.1 Å². The Morgan fingerprint density at radius 2 is 2.10 bits per heavy atom. The molecule has 0 radical (unpaired) electrons. The summed E-state index contributed by atoms with van der Waals surface area (Å²) in [7, 11) is 0. The van der Waals surface area contributed by atoms with E-state index < -0.39 is 18.0 Å². The summed E-state index contributed by atoms with van der Waals surface area (Å²) in [6.45, 7) is 3.64. The highest BCUT2D eigenvalue weighted by molar-refractivity contribution is 9.10. The molecular formula is C13H16BrClN2O3. The van der Waals surface area contributed by atoms with Gasteiger partial charge in [-0.05, 0) is 40.0 Å². The number of amides is 2. The third kappa shape index (κ3) is 4.68. The average Bonchev–Trinajstić information content (AvgIpc) is 2.39. The van der Waals surface area contributed by atoms with E-state index in [1.54, 1.807) is 25.1 Å². The molecule has 1 aromatic rings. The second kappa shape index (κ2) is 7.50. The Labute approximate surface area is 130 Å². The van der Waals surface area contributed by atoms with Gasteiger partial charge in [0.15, 0.2) is 0 Å². The van der Waals surface area contributed by atoms with Crippen molar-refractivity contribution < 1.29 is 14.7 Å². The highest BCUT2D eigenvalue weighted by atomic mass is 79.9. The van der Waals surface area contributed by atoms with E-state index in [-0.39, 0.29) is 5.92 Å². The van der Waals surface area contributed by atoms with Crippen LogP contribution in [0.25, 0.3) is 0 Å². The lowest BCUT2D eigenvalue weighted by molar-refractivity contribution is -0.140. The van der Waals surface area contributed by atoms with E-state index in [1.165, 1.54) is 0 Å². The minimum Gasteiger partial charge on any atom is -0.480 e. The zero-order valence-corrected chi connectivity index (χ0v) is 13.5. The van der Waals surface area contributed by atoms with Crippen molar-refractivity contribution in [1.29, 1.82) is 0 Å². The second-order valence-electron chi connectivity index (χ2n) is 4.43. The number of hydrogen-bond acceptors (Lipinski definition) is 2. The Morgan fingerprint density at radius 1 is 1.45 bits per heavy atom. The molecule has 0 bridgehead atoms. The lowest BCUT2D eigenvalue weighted by atomic mass is 9.99. The summed E-state index contributed by atoms with van der Waals surface area (Å²) in [5.74, 6) is -1.21. The summed E-state index contributed by atoms with van der Waals surface area (Å²) in [4.78, 5) is 22.9. The van der Waals surface area contributed by atoms with Gasteiger partial charge in [0.1, 0.15) is 6.04 Å². The molecule has 3 N–H and O–H groups in total. The molecule has 1 aromatic carbocycles. The number of urea groups is 1. The topological polar surface area (TPSA) is 78.4 Å². The molecule has 0 aliphatic rings. The van der Waals surface area contributed by atoms with Crippen LogP contribution in [0.1, 0.15) is 20.3 Å². The summed E-state index contributed by atoms with van der Waals surface area (Å²) in [6, 6.07) is 3.43. The number of hydrogen-bond donors (Lipinski definition) is 3. The molecule has 5 nitrogen and oxygen atoms in total. The zero-order chi connectivity index (χ0) is 15.3. The number of anilines is 1. The molecule has 0 heterocycles. The number of carboxylic acid groups (broad SMARTS) is 1. The second-order valence-corrected chi connectivity index (χ2v) is 5.69. The number of benzene rings is 1. The first kappa shape index (κ1) is 16.8. The van der Waals surface area contributed by atoms with Gasteiger partial charge in [-0.1, -0.05) is 31.9 Å². The van der Waals surface area contributed by atoms with Crippen LogP contribution in [0.15, 0.2) is 22.7 Å². The van der Waals surface area contributed by atoms with Crippen molar-refractivity contribution in [3.05, 3.63) is 27.7 Å². The summed E-state index contributed by atoms with van der Waals surface area (Å²) in [6.07, 6.45) is 0.654. The third-order valence-corrected chi connectivity index (χ3v) is 4.18. The molecule has 0 aromatic heterocycles. The number of carboxylic acids is 1. The summed E-state index contributed by atoms with van der Waals surface area (Å²) in [5, 5.41) is 14.6. The smallest absolute Gasteiger partial charge is 0.326 e. The van der Waals surface area contributed by atoms with E-state index in [4.69, 9.17) is 16.7 Å². The highest BCUT2D eigenvalue weighted by Crippen LogP contribution is 2.25. The van der Waals surface area contributed by atoms with Crippen molar-refractivity contribution in [2.45, 2.75) is 26.3 Å². The van der Waals surface area contributed by atoms with Crippen LogP contribution >= 0.6 is 27.5 Å². The van der Waals surface area contributed by atoms with E-state index in [0.717, 1.165) is 0 Å². The first-order valence-electron chi connectivity index (χ1n) is 6.10. The number of aliphatic carboxylic acids is 1. The Bertz CT molecular complexity index is 510. The minimum absolute atomic E-state index is 0.160. The largest absolute Gasteiger partial charge is 0.480 e. The van der Waals surface area contributed by atoms with Crippen LogP contribution < -0.4 is 10.6 Å². The van der Waals surface area contributed by atoms with Gasteiger partial charge in [0.25, 0.3) is 0 Å². The molecule has 0 spiro atoms. The first-order valence-corrected chi connectivity index (χ1v) is 7.27. The average molecular weight is 364 g/mol. The predicted octanol–water partition coefficient (Wildman–Crippen LogP) is 3.72. The van der Waals surface area contributed by atoms with Crippen LogP contribution in [0.3, 0.4) is 0 Å². The monoisotopic (exact) mass is 362 g/mol. The van der Waals surface area contributed by atoms with Crippen molar-refractivity contribution >= 4 is 45.2 Å². The van der Waals surface area contributed by atoms with Crippen LogP contribution in [0.5, 0.6) is 0 Å². The minimum atomic E-state index is -1.05. The van der Waals surface area contributed by atoms with Gasteiger partial charge in [-0.3, -0.25) is 0 Å². The molecule has 7 heteroatoms. The molecule has 0 saturated heterocycles. The molecule has 2 amide bonds. The Balaban J connectivity index is 2.70. The fourth-order valence-corrected chi connectivity index (χ4v) is 1.99. The number of carbonyl (C=O) groups is 2. The van der Waals surface area contributed by atoms with Crippen LogP contribution in [0.4, 0.5) is 10.5 Å². The fourth-order valence-electron chi connectivity index (χ4n) is 1.57. The predicted molar refractivity (Wildman–Crippen MR) is 82.2 cm³/mol. The summed E-state index contributed by atoms with van der Waals surface area (Å²) in [5.41, 5.74) is 0.490. The van der Waals surface area contributed by atoms with Crippen LogP contribution in [0, 0.1) is 5.92 Å². The molecule has 0 fully saturated rings. The SMILES string of the molecule is CCC(C)[C@H](NC(=O)Nc1ccc(Br)c(Cl)c1)C(=O)O. The van der Waals surface area contributed by atoms with E-state index in [1.807, 2.05) is 6.92 Å². The van der Waals surface area contributed by atoms with E-state index in [9.17, 15) is 9.59 Å². The highest BCUT2D eigenvalue weighted by Gasteiger charge is 2.25. The normalized spacial score (nSPS) is 13.4. The van der Waals surface area contributed by atoms with Crippen LogP contribution in [-0.2, 0) is 4.79 Å². The van der Waals surface area contributed by atoms with Gasteiger partial charge < -0.3 is 15.7 Å². The van der Waals surface area contributed by atoms with Gasteiger partial charge in [0, 0.05) is 10.2 Å². The quantitative estimate of drug-likeness (QED) is 0.746. The molecular weight excluding hydrogens is 348 g/mol. The van der Waals surface area contributed by atoms with Gasteiger partial charge in [-0.15, -0.1) is 0 Å². The summed E-state index contributed by atoms with van der Waals surface area (Å²) >= 11 is 9.16. The van der Waals surface area contributed by atoms with Gasteiger partial charge in [-0.25, -0.2) is 9.59 Å². The number of halogens is 2. The molecule has 110 valence electrons. The molecule has 1 unspecified atom stereocenters.